The number of ether oxygens (including phenoxy) is 3. The van der Waals surface area contributed by atoms with Crippen LogP contribution in [0.25, 0.3) is 0 Å². The van der Waals surface area contributed by atoms with E-state index in [0.717, 1.165) is 31.2 Å². The molecular weight excluding hydrogens is 270 g/mol. The Labute approximate surface area is 125 Å². The van der Waals surface area contributed by atoms with Gasteiger partial charge in [0.1, 0.15) is 6.61 Å². The van der Waals surface area contributed by atoms with E-state index in [2.05, 4.69) is 5.32 Å². The molecule has 1 aliphatic rings. The number of methoxy groups -OCH3 is 2. The Morgan fingerprint density at radius 3 is 2.38 bits per heavy atom. The van der Waals surface area contributed by atoms with E-state index in [1.54, 1.807) is 14.2 Å². The normalized spacial score (nSPS) is 18.2. The molecule has 0 unspecified atom stereocenters. The third-order valence-electron chi connectivity index (χ3n) is 4.03. The first-order valence-corrected chi connectivity index (χ1v) is 7.25. The molecule has 1 fully saturated rings. The summed E-state index contributed by atoms with van der Waals surface area (Å²) in [5.74, 6) is -0.494. The van der Waals surface area contributed by atoms with Crippen LogP contribution in [0.15, 0.2) is 30.3 Å². The van der Waals surface area contributed by atoms with Crippen LogP contribution >= 0.6 is 0 Å². The third kappa shape index (κ3) is 4.44. The molecule has 1 aromatic rings. The summed E-state index contributed by atoms with van der Waals surface area (Å²) in [5, 5.41) is 2.90. The van der Waals surface area contributed by atoms with Gasteiger partial charge in [-0.2, -0.15) is 0 Å². The van der Waals surface area contributed by atoms with Gasteiger partial charge < -0.3 is 19.5 Å². The molecule has 1 aliphatic carbocycles. The number of alkyl carbamates (subject to hydrolysis) is 1. The van der Waals surface area contributed by atoms with E-state index >= 15 is 0 Å². The van der Waals surface area contributed by atoms with E-state index in [1.807, 2.05) is 30.3 Å². The predicted molar refractivity (Wildman–Crippen MR) is 78.8 cm³/mol. The Morgan fingerprint density at radius 1 is 1.19 bits per heavy atom. The van der Waals surface area contributed by atoms with Crippen LogP contribution in [0.1, 0.15) is 31.2 Å². The van der Waals surface area contributed by atoms with Crippen molar-refractivity contribution < 1.29 is 19.0 Å². The van der Waals surface area contributed by atoms with E-state index in [1.165, 1.54) is 0 Å². The van der Waals surface area contributed by atoms with Crippen LogP contribution in [-0.2, 0) is 20.8 Å². The van der Waals surface area contributed by atoms with Crippen molar-refractivity contribution in [1.82, 2.24) is 5.32 Å². The monoisotopic (exact) mass is 293 g/mol. The van der Waals surface area contributed by atoms with Gasteiger partial charge in [0.2, 0.25) is 0 Å². The number of rotatable bonds is 5. The van der Waals surface area contributed by atoms with Crippen LogP contribution in [0.5, 0.6) is 0 Å². The highest BCUT2D eigenvalue weighted by atomic mass is 16.7. The van der Waals surface area contributed by atoms with Gasteiger partial charge in [-0.05, 0) is 18.4 Å². The van der Waals surface area contributed by atoms with Crippen molar-refractivity contribution >= 4 is 6.09 Å². The van der Waals surface area contributed by atoms with Gasteiger partial charge in [0, 0.05) is 33.1 Å². The Morgan fingerprint density at radius 2 is 1.81 bits per heavy atom. The smallest absolute Gasteiger partial charge is 0.407 e. The topological polar surface area (TPSA) is 56.8 Å². The maximum Gasteiger partial charge on any atom is 0.407 e. The second kappa shape index (κ2) is 7.43. The number of nitrogens with one attached hydrogen (secondary N) is 1. The van der Waals surface area contributed by atoms with Gasteiger partial charge >= 0.3 is 6.09 Å². The first kappa shape index (κ1) is 15.8. The van der Waals surface area contributed by atoms with Crippen LogP contribution in [-0.4, -0.2) is 32.1 Å². The van der Waals surface area contributed by atoms with Crippen molar-refractivity contribution in [2.24, 2.45) is 0 Å². The number of hydrogen-bond donors (Lipinski definition) is 1. The molecule has 0 aromatic heterocycles. The minimum absolute atomic E-state index is 0.117. The lowest BCUT2D eigenvalue weighted by Crippen LogP contribution is -2.45. The summed E-state index contributed by atoms with van der Waals surface area (Å²) < 4.78 is 16.1. The van der Waals surface area contributed by atoms with E-state index in [-0.39, 0.29) is 12.1 Å². The summed E-state index contributed by atoms with van der Waals surface area (Å²) in [6.45, 7) is 0.291. The molecule has 1 saturated carbocycles. The van der Waals surface area contributed by atoms with E-state index in [4.69, 9.17) is 14.2 Å². The predicted octanol–water partition coefficient (Wildman–Crippen LogP) is 2.84. The fraction of sp³-hybridized carbons (Fsp3) is 0.562. The number of hydrogen-bond acceptors (Lipinski definition) is 4. The molecule has 1 N–H and O–H groups in total. The SMILES string of the molecule is COC1(OC)CCC(NC(=O)OCc2ccccc2)CC1. The van der Waals surface area contributed by atoms with Gasteiger partial charge in [-0.15, -0.1) is 0 Å². The van der Waals surface area contributed by atoms with E-state index in [0.29, 0.717) is 6.61 Å². The lowest BCUT2D eigenvalue weighted by molar-refractivity contribution is -0.225. The summed E-state index contributed by atoms with van der Waals surface area (Å²) >= 11 is 0. The molecule has 0 aliphatic heterocycles. The van der Waals surface area contributed by atoms with Gasteiger partial charge in [0.15, 0.2) is 5.79 Å². The van der Waals surface area contributed by atoms with Gasteiger partial charge in [0.05, 0.1) is 0 Å². The van der Waals surface area contributed by atoms with Gasteiger partial charge in [-0.3, -0.25) is 0 Å². The molecule has 2 rings (SSSR count). The standard InChI is InChI=1S/C16H23NO4/c1-19-16(20-2)10-8-14(9-11-16)17-15(18)21-12-13-6-4-3-5-7-13/h3-7,14H,8-12H2,1-2H3,(H,17,18). The summed E-state index contributed by atoms with van der Waals surface area (Å²) in [7, 11) is 3.32. The molecule has 0 heterocycles. The second-order valence-corrected chi connectivity index (χ2v) is 5.30. The van der Waals surface area contributed by atoms with Crippen molar-refractivity contribution in [1.29, 1.82) is 0 Å². The molecule has 116 valence electrons. The molecule has 0 radical (unpaired) electrons. The van der Waals surface area contributed by atoms with Crippen molar-refractivity contribution in [2.75, 3.05) is 14.2 Å². The Kier molecular flexibility index (Phi) is 5.59. The molecule has 0 spiro atoms. The average Bonchev–Trinajstić information content (AvgIpc) is 2.55. The largest absolute Gasteiger partial charge is 0.445 e. The lowest BCUT2D eigenvalue weighted by atomic mass is 9.90. The first-order valence-electron chi connectivity index (χ1n) is 7.25. The molecule has 5 heteroatoms. The number of amides is 1. The maximum atomic E-state index is 11.8. The summed E-state index contributed by atoms with van der Waals surface area (Å²) in [6.07, 6.45) is 2.81. The molecule has 0 atom stereocenters. The van der Waals surface area contributed by atoms with Gasteiger partial charge in [-0.25, -0.2) is 4.79 Å². The molecule has 5 nitrogen and oxygen atoms in total. The molecular formula is C16H23NO4. The van der Waals surface area contributed by atoms with Crippen LogP contribution < -0.4 is 5.32 Å². The molecule has 1 amide bonds. The van der Waals surface area contributed by atoms with Crippen LogP contribution in [0.4, 0.5) is 4.79 Å². The number of carbonyl (C=O) groups excluding carboxylic acids is 1. The minimum atomic E-state index is -0.494. The van der Waals surface area contributed by atoms with Gasteiger partial charge in [-0.1, -0.05) is 30.3 Å². The second-order valence-electron chi connectivity index (χ2n) is 5.30. The van der Waals surface area contributed by atoms with E-state index < -0.39 is 5.79 Å². The Balaban J connectivity index is 1.72. The molecule has 0 saturated heterocycles. The van der Waals surface area contributed by atoms with Crippen LogP contribution in [0.2, 0.25) is 0 Å². The zero-order chi connectivity index (χ0) is 15.1. The van der Waals surface area contributed by atoms with Crippen molar-refractivity contribution in [3.8, 4) is 0 Å². The highest BCUT2D eigenvalue weighted by Crippen LogP contribution is 2.31. The van der Waals surface area contributed by atoms with Crippen LogP contribution in [0, 0.1) is 0 Å². The average molecular weight is 293 g/mol. The highest BCUT2D eigenvalue weighted by Gasteiger charge is 2.35. The maximum absolute atomic E-state index is 11.8. The Hall–Kier alpha value is -1.59. The summed E-state index contributed by atoms with van der Waals surface area (Å²) in [6, 6.07) is 9.76. The lowest BCUT2D eigenvalue weighted by Gasteiger charge is -2.37. The van der Waals surface area contributed by atoms with Crippen molar-refractivity contribution in [2.45, 2.75) is 44.1 Å². The Bertz CT molecular complexity index is 435. The van der Waals surface area contributed by atoms with Crippen molar-refractivity contribution in [3.05, 3.63) is 35.9 Å². The molecule has 0 bridgehead atoms. The van der Waals surface area contributed by atoms with Crippen molar-refractivity contribution in [3.63, 3.8) is 0 Å². The van der Waals surface area contributed by atoms with Crippen LogP contribution in [0.3, 0.4) is 0 Å². The van der Waals surface area contributed by atoms with E-state index in [9.17, 15) is 4.79 Å². The minimum Gasteiger partial charge on any atom is -0.445 e. The summed E-state index contributed by atoms with van der Waals surface area (Å²) in [4.78, 5) is 11.8. The number of carbonyl (C=O) groups is 1. The quantitative estimate of drug-likeness (QED) is 0.848. The van der Waals surface area contributed by atoms with Gasteiger partial charge in [0.25, 0.3) is 0 Å². The zero-order valence-corrected chi connectivity index (χ0v) is 12.6. The summed E-state index contributed by atoms with van der Waals surface area (Å²) in [5.41, 5.74) is 0.981. The third-order valence-corrected chi connectivity index (χ3v) is 4.03. The molecule has 1 aromatic carbocycles. The number of benzene rings is 1. The highest BCUT2D eigenvalue weighted by molar-refractivity contribution is 5.67. The first-order chi connectivity index (χ1) is 10.2. The fourth-order valence-corrected chi connectivity index (χ4v) is 2.62. The fourth-order valence-electron chi connectivity index (χ4n) is 2.62. The zero-order valence-electron chi connectivity index (χ0n) is 12.6. The molecule has 21 heavy (non-hydrogen) atoms.